The van der Waals surface area contributed by atoms with Crippen LogP contribution in [-0.2, 0) is 9.59 Å². The van der Waals surface area contributed by atoms with E-state index in [4.69, 9.17) is 0 Å². The maximum atomic E-state index is 11.6. The van der Waals surface area contributed by atoms with Crippen LogP contribution >= 0.6 is 11.3 Å². The van der Waals surface area contributed by atoms with E-state index < -0.39 is 5.92 Å². The number of hydrazone groups is 2. The SMILES string of the molecule is CC1=NNC(=O)C1CC(=O)N/N=C/c1cccs1. The highest BCUT2D eigenvalue weighted by Gasteiger charge is 2.28. The van der Waals surface area contributed by atoms with Crippen molar-refractivity contribution in [3.8, 4) is 0 Å². The Morgan fingerprint density at radius 2 is 2.56 bits per heavy atom. The van der Waals surface area contributed by atoms with Gasteiger partial charge >= 0.3 is 0 Å². The van der Waals surface area contributed by atoms with Gasteiger partial charge in [-0.3, -0.25) is 9.59 Å². The van der Waals surface area contributed by atoms with Crippen LogP contribution in [0.3, 0.4) is 0 Å². The number of carbonyl (C=O) groups excluding carboxylic acids is 2. The van der Waals surface area contributed by atoms with Gasteiger partial charge in [-0.1, -0.05) is 6.07 Å². The molecule has 0 fully saturated rings. The van der Waals surface area contributed by atoms with Crippen molar-refractivity contribution >= 4 is 35.1 Å². The Morgan fingerprint density at radius 3 is 3.17 bits per heavy atom. The van der Waals surface area contributed by atoms with Crippen molar-refractivity contribution < 1.29 is 9.59 Å². The lowest BCUT2D eigenvalue weighted by atomic mass is 10.0. The van der Waals surface area contributed by atoms with Gasteiger partial charge in [-0.2, -0.15) is 10.2 Å². The second-order valence-electron chi connectivity index (χ2n) is 3.79. The van der Waals surface area contributed by atoms with E-state index in [9.17, 15) is 9.59 Å². The summed E-state index contributed by atoms with van der Waals surface area (Å²) in [5.41, 5.74) is 5.35. The number of thiophene rings is 1. The highest BCUT2D eigenvalue weighted by Crippen LogP contribution is 2.11. The van der Waals surface area contributed by atoms with Crippen molar-refractivity contribution in [2.45, 2.75) is 13.3 Å². The molecule has 2 rings (SSSR count). The zero-order chi connectivity index (χ0) is 13.0. The van der Waals surface area contributed by atoms with Crippen molar-refractivity contribution in [2.75, 3.05) is 0 Å². The molecule has 0 aliphatic carbocycles. The maximum Gasteiger partial charge on any atom is 0.249 e. The third-order valence-corrected chi connectivity index (χ3v) is 3.28. The molecule has 2 amide bonds. The van der Waals surface area contributed by atoms with Crippen LogP contribution in [0, 0.1) is 5.92 Å². The Hall–Kier alpha value is -2.02. The predicted octanol–water partition coefficient (Wildman–Crippen LogP) is 0.710. The number of nitrogens with zero attached hydrogens (tertiary/aromatic N) is 2. The molecule has 1 atom stereocenters. The molecule has 0 saturated carbocycles. The summed E-state index contributed by atoms with van der Waals surface area (Å²) in [4.78, 5) is 23.9. The molecule has 0 saturated heterocycles. The van der Waals surface area contributed by atoms with Crippen LogP contribution in [0.1, 0.15) is 18.2 Å². The Kier molecular flexibility index (Phi) is 3.83. The molecule has 1 aliphatic heterocycles. The first-order valence-electron chi connectivity index (χ1n) is 5.36. The van der Waals surface area contributed by atoms with E-state index in [0.29, 0.717) is 5.71 Å². The second-order valence-corrected chi connectivity index (χ2v) is 4.77. The van der Waals surface area contributed by atoms with Gasteiger partial charge < -0.3 is 0 Å². The highest BCUT2D eigenvalue weighted by atomic mass is 32.1. The van der Waals surface area contributed by atoms with E-state index in [1.807, 2.05) is 17.5 Å². The second kappa shape index (κ2) is 5.54. The highest BCUT2D eigenvalue weighted by molar-refractivity contribution is 7.11. The van der Waals surface area contributed by atoms with Gasteiger partial charge in [-0.05, 0) is 18.4 Å². The molecule has 0 bridgehead atoms. The lowest BCUT2D eigenvalue weighted by Gasteiger charge is -2.05. The molecule has 18 heavy (non-hydrogen) atoms. The number of rotatable bonds is 4. The van der Waals surface area contributed by atoms with Crippen LogP contribution in [0.4, 0.5) is 0 Å². The largest absolute Gasteiger partial charge is 0.273 e. The van der Waals surface area contributed by atoms with E-state index >= 15 is 0 Å². The maximum absolute atomic E-state index is 11.6. The summed E-state index contributed by atoms with van der Waals surface area (Å²) >= 11 is 1.52. The molecule has 6 nitrogen and oxygen atoms in total. The van der Waals surface area contributed by atoms with Crippen molar-refractivity contribution in [1.82, 2.24) is 10.9 Å². The molecule has 1 unspecified atom stereocenters. The summed E-state index contributed by atoms with van der Waals surface area (Å²) < 4.78 is 0. The number of nitrogens with one attached hydrogen (secondary N) is 2. The van der Waals surface area contributed by atoms with Gasteiger partial charge in [0.15, 0.2) is 0 Å². The Bertz CT molecular complexity index is 507. The van der Waals surface area contributed by atoms with Gasteiger partial charge in [0.1, 0.15) is 0 Å². The lowest BCUT2D eigenvalue weighted by Crippen LogP contribution is -2.29. The van der Waals surface area contributed by atoms with E-state index in [0.717, 1.165) is 4.88 Å². The fraction of sp³-hybridized carbons (Fsp3) is 0.273. The number of amides is 2. The van der Waals surface area contributed by atoms with Gasteiger partial charge in [-0.25, -0.2) is 10.9 Å². The smallest absolute Gasteiger partial charge is 0.249 e. The molecule has 2 N–H and O–H groups in total. The van der Waals surface area contributed by atoms with Crippen LogP contribution in [0.5, 0.6) is 0 Å². The number of carbonyl (C=O) groups is 2. The third kappa shape index (κ3) is 3.01. The molecular formula is C11H12N4O2S. The van der Waals surface area contributed by atoms with Crippen molar-refractivity contribution in [2.24, 2.45) is 16.1 Å². The minimum absolute atomic E-state index is 0.0585. The monoisotopic (exact) mass is 264 g/mol. The predicted molar refractivity (Wildman–Crippen MR) is 69.4 cm³/mol. The van der Waals surface area contributed by atoms with E-state index in [-0.39, 0.29) is 18.2 Å². The van der Waals surface area contributed by atoms with Crippen LogP contribution in [0.25, 0.3) is 0 Å². The standard InChI is InChI=1S/C11H12N4O2S/c1-7-9(11(17)15-13-7)5-10(16)14-12-6-8-3-2-4-18-8/h2-4,6,9H,5H2,1H3,(H,14,16)(H,15,17)/b12-6+. The van der Waals surface area contributed by atoms with E-state index in [1.165, 1.54) is 11.3 Å². The first-order chi connectivity index (χ1) is 8.66. The van der Waals surface area contributed by atoms with Gasteiger partial charge in [0.2, 0.25) is 11.8 Å². The quantitative estimate of drug-likeness (QED) is 0.620. The van der Waals surface area contributed by atoms with Crippen molar-refractivity contribution in [3.05, 3.63) is 22.4 Å². The van der Waals surface area contributed by atoms with Gasteiger partial charge in [-0.15, -0.1) is 11.3 Å². The molecule has 1 aromatic rings. The molecule has 0 radical (unpaired) electrons. The van der Waals surface area contributed by atoms with E-state index in [2.05, 4.69) is 21.1 Å². The lowest BCUT2D eigenvalue weighted by molar-refractivity contribution is -0.127. The molecule has 94 valence electrons. The van der Waals surface area contributed by atoms with Gasteiger partial charge in [0.05, 0.1) is 12.1 Å². The Labute approximate surface area is 108 Å². The molecule has 0 spiro atoms. The Balaban J connectivity index is 1.82. The fourth-order valence-electron chi connectivity index (χ4n) is 1.49. The number of hydrogen-bond donors (Lipinski definition) is 2. The van der Waals surface area contributed by atoms with Crippen LogP contribution in [0.2, 0.25) is 0 Å². The average Bonchev–Trinajstić information content (AvgIpc) is 2.94. The topological polar surface area (TPSA) is 82.9 Å². The summed E-state index contributed by atoms with van der Waals surface area (Å²) in [6.07, 6.45) is 1.63. The minimum Gasteiger partial charge on any atom is -0.273 e. The molecule has 2 heterocycles. The van der Waals surface area contributed by atoms with Crippen molar-refractivity contribution in [3.63, 3.8) is 0 Å². The zero-order valence-electron chi connectivity index (χ0n) is 9.71. The third-order valence-electron chi connectivity index (χ3n) is 2.48. The fourth-order valence-corrected chi connectivity index (χ4v) is 2.08. The summed E-state index contributed by atoms with van der Waals surface area (Å²) in [6, 6.07) is 3.79. The summed E-state index contributed by atoms with van der Waals surface area (Å²) in [5.74, 6) is -1.04. The van der Waals surface area contributed by atoms with Gasteiger partial charge in [0, 0.05) is 17.0 Å². The summed E-state index contributed by atoms with van der Waals surface area (Å²) in [5, 5.41) is 9.52. The first-order valence-corrected chi connectivity index (χ1v) is 6.24. The molecule has 1 aromatic heterocycles. The molecule has 7 heteroatoms. The average molecular weight is 264 g/mol. The van der Waals surface area contributed by atoms with E-state index in [1.54, 1.807) is 13.1 Å². The summed E-state index contributed by atoms with van der Waals surface area (Å²) in [6.45, 7) is 1.71. The first kappa shape index (κ1) is 12.4. The molecular weight excluding hydrogens is 252 g/mol. The summed E-state index contributed by atoms with van der Waals surface area (Å²) in [7, 11) is 0. The molecule has 1 aliphatic rings. The minimum atomic E-state index is -0.484. The zero-order valence-corrected chi connectivity index (χ0v) is 10.5. The van der Waals surface area contributed by atoms with Crippen LogP contribution in [0.15, 0.2) is 27.7 Å². The number of hydrogen-bond acceptors (Lipinski definition) is 5. The van der Waals surface area contributed by atoms with Crippen LogP contribution in [-0.4, -0.2) is 23.7 Å². The normalized spacial score (nSPS) is 18.8. The van der Waals surface area contributed by atoms with Crippen molar-refractivity contribution in [1.29, 1.82) is 0 Å². The Morgan fingerprint density at radius 1 is 1.72 bits per heavy atom. The van der Waals surface area contributed by atoms with Gasteiger partial charge in [0.25, 0.3) is 0 Å². The van der Waals surface area contributed by atoms with Crippen LogP contribution < -0.4 is 10.9 Å². The molecule has 0 aromatic carbocycles.